The lowest BCUT2D eigenvalue weighted by Crippen LogP contribution is -2.49. The minimum Gasteiger partial charge on any atom is -0.432 e. The van der Waals surface area contributed by atoms with Crippen molar-refractivity contribution in [2.75, 3.05) is 6.61 Å². The van der Waals surface area contributed by atoms with Crippen LogP contribution < -0.4 is 0 Å². The number of aliphatic hydroxyl groups is 1. The molecule has 5 heteroatoms. The van der Waals surface area contributed by atoms with E-state index in [1.807, 2.05) is 33.8 Å². The molecule has 1 fully saturated rings. The maximum Gasteiger partial charge on any atom is 0.335 e. The third kappa shape index (κ3) is 4.62. The minimum atomic E-state index is -0.759. The predicted octanol–water partition coefficient (Wildman–Crippen LogP) is 4.51. The van der Waals surface area contributed by atoms with E-state index < -0.39 is 5.60 Å². The second kappa shape index (κ2) is 8.43. The van der Waals surface area contributed by atoms with E-state index >= 15 is 0 Å². The Balaban J connectivity index is 1.97. The Bertz CT molecular complexity index is 793. The molecule has 0 aromatic rings. The number of hydrogen-bond acceptors (Lipinski definition) is 5. The number of carbonyl (C=O) groups is 2. The summed E-state index contributed by atoms with van der Waals surface area (Å²) in [7, 11) is 0. The third-order valence-corrected chi connectivity index (χ3v) is 7.13. The van der Waals surface area contributed by atoms with Gasteiger partial charge in [0.2, 0.25) is 0 Å². The lowest BCUT2D eigenvalue weighted by atomic mass is 9.51. The van der Waals surface area contributed by atoms with Gasteiger partial charge >= 0.3 is 5.97 Å². The summed E-state index contributed by atoms with van der Waals surface area (Å²) < 4.78 is 11.4. The van der Waals surface area contributed by atoms with Crippen LogP contribution in [0.2, 0.25) is 0 Å². The van der Waals surface area contributed by atoms with Gasteiger partial charge in [-0.05, 0) is 88.4 Å². The number of esters is 1. The monoisotopic (exact) mass is 416 g/mol. The number of carbonyl (C=O) groups excluding carboxylic acids is 2. The molecule has 1 heterocycles. The van der Waals surface area contributed by atoms with Gasteiger partial charge in [0.1, 0.15) is 5.78 Å². The molecular formula is C25H36O5. The number of fused-ring (bicyclic) bond motifs is 3. The lowest BCUT2D eigenvalue weighted by molar-refractivity contribution is -0.132. The molecule has 1 N–H and O–H groups in total. The van der Waals surface area contributed by atoms with Crippen LogP contribution in [0.15, 0.2) is 35.1 Å². The van der Waals surface area contributed by atoms with E-state index in [1.165, 1.54) is 23.5 Å². The van der Waals surface area contributed by atoms with Crippen LogP contribution in [0.25, 0.3) is 0 Å². The Morgan fingerprint density at radius 3 is 2.60 bits per heavy atom. The molecule has 2 aliphatic carbocycles. The van der Waals surface area contributed by atoms with Crippen LogP contribution in [0.5, 0.6) is 0 Å². The highest BCUT2D eigenvalue weighted by molar-refractivity contribution is 5.83. The average Bonchev–Trinajstić information content (AvgIpc) is 2.98. The summed E-state index contributed by atoms with van der Waals surface area (Å²) in [6.07, 6.45) is 7.97. The molecule has 0 aromatic heterocycles. The van der Waals surface area contributed by atoms with E-state index in [0.717, 1.165) is 24.8 Å². The highest BCUT2D eigenvalue weighted by Crippen LogP contribution is 2.60. The largest absolute Gasteiger partial charge is 0.432 e. The molecule has 0 saturated heterocycles. The molecule has 0 amide bonds. The summed E-state index contributed by atoms with van der Waals surface area (Å²) in [5.41, 5.74) is 2.53. The molecule has 3 aliphatic rings. The smallest absolute Gasteiger partial charge is 0.335 e. The Hall–Kier alpha value is -1.72. The summed E-state index contributed by atoms with van der Waals surface area (Å²) in [5, 5.41) is 10.8. The molecule has 2 bridgehead atoms. The zero-order chi connectivity index (χ0) is 22.3. The summed E-state index contributed by atoms with van der Waals surface area (Å²) in [5.74, 6) is 0.210. The minimum absolute atomic E-state index is 0.0204. The standard InChI is InChI=1S/C25H36O5/c1-15(2)11-22(27)29-10-8-20-23-18(14-30-21(23)12-16(3)26)17-13-25(20,6)9-7-19(17)24(4,5)28/h8,10-11,17,19-21,28H,7,9,12-14H2,1-6H3/b10-8+/t17-,19-,20+,21+,25+/m1/s1. The lowest BCUT2D eigenvalue weighted by Gasteiger charge is -2.54. The van der Waals surface area contributed by atoms with Gasteiger partial charge in [0, 0.05) is 18.4 Å². The van der Waals surface area contributed by atoms with Gasteiger partial charge in [0.15, 0.2) is 0 Å². The van der Waals surface area contributed by atoms with Crippen molar-refractivity contribution in [2.45, 2.75) is 78.9 Å². The number of hydrogen-bond donors (Lipinski definition) is 1. The fourth-order valence-corrected chi connectivity index (χ4v) is 5.81. The van der Waals surface area contributed by atoms with E-state index in [0.29, 0.717) is 13.0 Å². The van der Waals surface area contributed by atoms with Gasteiger partial charge in [-0.25, -0.2) is 4.79 Å². The quantitative estimate of drug-likeness (QED) is 0.299. The molecule has 0 radical (unpaired) electrons. The molecule has 166 valence electrons. The first kappa shape index (κ1) is 23.0. The molecular weight excluding hydrogens is 380 g/mol. The molecule has 5 nitrogen and oxygen atoms in total. The SMILES string of the molecule is CC(=O)C[C@@H]1OCC2=C1[C@H](/C=C/OC(=O)C=C(C)C)[C@@]1(C)CC[C@@H](C(C)(C)O)[C@@H]2C1. The van der Waals surface area contributed by atoms with Crippen LogP contribution in [-0.4, -0.2) is 35.2 Å². The third-order valence-electron chi connectivity index (χ3n) is 7.13. The normalized spacial score (nSPS) is 33.4. The number of allylic oxidation sites excluding steroid dienone is 2. The van der Waals surface area contributed by atoms with Gasteiger partial charge in [0.25, 0.3) is 0 Å². The van der Waals surface area contributed by atoms with Crippen LogP contribution in [0, 0.1) is 23.2 Å². The van der Waals surface area contributed by atoms with Crippen molar-refractivity contribution in [3.05, 3.63) is 35.1 Å². The molecule has 1 aliphatic heterocycles. The molecule has 1 saturated carbocycles. The van der Waals surface area contributed by atoms with Crippen LogP contribution in [0.3, 0.4) is 0 Å². The highest BCUT2D eigenvalue weighted by atomic mass is 16.5. The van der Waals surface area contributed by atoms with Gasteiger partial charge in [-0.15, -0.1) is 0 Å². The van der Waals surface area contributed by atoms with E-state index in [1.54, 1.807) is 6.92 Å². The second-order valence-electron chi connectivity index (χ2n) is 10.4. The Kier molecular flexibility index (Phi) is 6.45. The summed E-state index contributed by atoms with van der Waals surface area (Å²) >= 11 is 0. The Morgan fingerprint density at radius 1 is 1.30 bits per heavy atom. The van der Waals surface area contributed by atoms with E-state index in [2.05, 4.69) is 6.92 Å². The Labute approximate surface area is 180 Å². The van der Waals surface area contributed by atoms with E-state index in [-0.39, 0.29) is 41.0 Å². The molecule has 0 unspecified atom stereocenters. The maximum absolute atomic E-state index is 11.9. The van der Waals surface area contributed by atoms with Crippen molar-refractivity contribution in [1.29, 1.82) is 0 Å². The number of rotatable bonds is 6. The zero-order valence-electron chi connectivity index (χ0n) is 19.2. The molecule has 5 atom stereocenters. The number of ether oxygens (including phenoxy) is 2. The van der Waals surface area contributed by atoms with Gasteiger partial charge in [0.05, 0.1) is 24.6 Å². The number of ketones is 1. The molecule has 0 aromatic carbocycles. The molecule has 3 rings (SSSR count). The van der Waals surface area contributed by atoms with Crippen molar-refractivity contribution in [3.63, 3.8) is 0 Å². The van der Waals surface area contributed by atoms with Crippen LogP contribution in [0.4, 0.5) is 0 Å². The first-order valence-corrected chi connectivity index (χ1v) is 11.0. The summed E-state index contributed by atoms with van der Waals surface area (Å²) in [4.78, 5) is 23.8. The maximum atomic E-state index is 11.9. The van der Waals surface area contributed by atoms with Crippen LogP contribution in [-0.2, 0) is 19.1 Å². The van der Waals surface area contributed by atoms with Crippen molar-refractivity contribution >= 4 is 11.8 Å². The van der Waals surface area contributed by atoms with E-state index in [9.17, 15) is 14.7 Å². The average molecular weight is 417 g/mol. The number of Topliss-reactive ketones (excluding diaryl/α,β-unsaturated/α-hetero) is 1. The van der Waals surface area contributed by atoms with Crippen molar-refractivity contribution < 1.29 is 24.2 Å². The van der Waals surface area contributed by atoms with Gasteiger partial charge < -0.3 is 14.6 Å². The van der Waals surface area contributed by atoms with Gasteiger partial charge in [-0.1, -0.05) is 12.5 Å². The predicted molar refractivity (Wildman–Crippen MR) is 115 cm³/mol. The van der Waals surface area contributed by atoms with E-state index in [4.69, 9.17) is 9.47 Å². The first-order valence-electron chi connectivity index (χ1n) is 11.0. The topological polar surface area (TPSA) is 72.8 Å². The second-order valence-corrected chi connectivity index (χ2v) is 10.4. The highest BCUT2D eigenvalue weighted by Gasteiger charge is 2.54. The fourth-order valence-electron chi connectivity index (χ4n) is 5.81. The van der Waals surface area contributed by atoms with Crippen molar-refractivity contribution in [3.8, 4) is 0 Å². The zero-order valence-corrected chi connectivity index (χ0v) is 19.2. The summed E-state index contributed by atoms with van der Waals surface area (Å²) in [6.45, 7) is 11.9. The Morgan fingerprint density at radius 2 is 2.00 bits per heavy atom. The van der Waals surface area contributed by atoms with Crippen LogP contribution in [0.1, 0.15) is 67.2 Å². The fraction of sp³-hybridized carbons (Fsp3) is 0.680. The van der Waals surface area contributed by atoms with Crippen molar-refractivity contribution in [2.24, 2.45) is 23.2 Å². The van der Waals surface area contributed by atoms with Crippen LogP contribution >= 0.6 is 0 Å². The first-order chi connectivity index (χ1) is 13.9. The summed E-state index contributed by atoms with van der Waals surface area (Å²) in [6, 6.07) is 0. The van der Waals surface area contributed by atoms with Crippen molar-refractivity contribution in [1.82, 2.24) is 0 Å². The van der Waals surface area contributed by atoms with Gasteiger partial charge in [-0.2, -0.15) is 0 Å². The molecule has 30 heavy (non-hydrogen) atoms. The molecule has 0 spiro atoms. The van der Waals surface area contributed by atoms with Gasteiger partial charge in [-0.3, -0.25) is 4.79 Å².